The molecule has 0 atom stereocenters. The summed E-state index contributed by atoms with van der Waals surface area (Å²) in [5, 5.41) is 4.51. The summed E-state index contributed by atoms with van der Waals surface area (Å²) in [4.78, 5) is 26.4. The normalized spacial score (nSPS) is 19.3. The number of hydrogen-bond acceptors (Lipinski definition) is 5. The third-order valence-electron chi connectivity index (χ3n) is 5.79. The van der Waals surface area contributed by atoms with Gasteiger partial charge in [-0.25, -0.2) is 9.97 Å². The van der Waals surface area contributed by atoms with E-state index in [1.807, 2.05) is 25.6 Å². The minimum atomic E-state index is 0.253. The molecule has 4 rings (SSSR count). The molecule has 0 unspecified atom stereocenters. The smallest absolute Gasteiger partial charge is 0.225 e. The molecular weight excluding hydrogens is 328 g/mol. The quantitative estimate of drug-likeness (QED) is 0.825. The molecule has 1 aliphatic carbocycles. The van der Waals surface area contributed by atoms with Crippen molar-refractivity contribution in [3.63, 3.8) is 0 Å². The van der Waals surface area contributed by atoms with Gasteiger partial charge in [0.2, 0.25) is 5.91 Å². The lowest BCUT2D eigenvalue weighted by molar-refractivity contribution is -0.136. The van der Waals surface area contributed by atoms with E-state index in [2.05, 4.69) is 19.9 Å². The highest BCUT2D eigenvalue weighted by molar-refractivity contribution is 5.88. The van der Waals surface area contributed by atoms with Gasteiger partial charge in [-0.2, -0.15) is 5.10 Å². The Morgan fingerprint density at radius 1 is 1.00 bits per heavy atom. The van der Waals surface area contributed by atoms with Gasteiger partial charge in [0.15, 0.2) is 5.82 Å². The SMILES string of the molecule is Cc1nc(N2CCN(C(=O)C3CCCCC3)CC2)c2c(n1)c(C)nn2C. The Kier molecular flexibility index (Phi) is 4.54. The van der Waals surface area contributed by atoms with E-state index in [0.717, 1.165) is 67.4 Å². The van der Waals surface area contributed by atoms with E-state index in [1.54, 1.807) is 0 Å². The maximum atomic E-state index is 12.8. The lowest BCUT2D eigenvalue weighted by atomic mass is 9.88. The second-order valence-electron chi connectivity index (χ2n) is 7.65. The minimum absolute atomic E-state index is 0.253. The van der Waals surface area contributed by atoms with Crippen molar-refractivity contribution < 1.29 is 4.79 Å². The molecule has 0 spiro atoms. The topological polar surface area (TPSA) is 67.2 Å². The van der Waals surface area contributed by atoms with Crippen molar-refractivity contribution in [2.24, 2.45) is 13.0 Å². The van der Waals surface area contributed by atoms with Crippen LogP contribution in [0.15, 0.2) is 0 Å². The third-order valence-corrected chi connectivity index (χ3v) is 5.79. The van der Waals surface area contributed by atoms with E-state index in [4.69, 9.17) is 4.98 Å². The minimum Gasteiger partial charge on any atom is -0.351 e. The number of rotatable bonds is 2. The van der Waals surface area contributed by atoms with E-state index in [-0.39, 0.29) is 5.92 Å². The summed E-state index contributed by atoms with van der Waals surface area (Å²) in [6.07, 6.45) is 5.83. The van der Waals surface area contributed by atoms with E-state index in [1.165, 1.54) is 19.3 Å². The first kappa shape index (κ1) is 17.2. The van der Waals surface area contributed by atoms with Crippen LogP contribution in [-0.4, -0.2) is 56.7 Å². The molecule has 1 saturated heterocycles. The maximum Gasteiger partial charge on any atom is 0.225 e. The Bertz CT molecular complexity index is 815. The van der Waals surface area contributed by atoms with Gasteiger partial charge in [0.1, 0.15) is 16.9 Å². The van der Waals surface area contributed by atoms with E-state index in [0.29, 0.717) is 5.91 Å². The first-order valence-electron chi connectivity index (χ1n) is 9.76. The van der Waals surface area contributed by atoms with Crippen LogP contribution in [0.2, 0.25) is 0 Å². The van der Waals surface area contributed by atoms with Gasteiger partial charge in [0.25, 0.3) is 0 Å². The summed E-state index contributed by atoms with van der Waals surface area (Å²) in [5.74, 6) is 2.33. The third kappa shape index (κ3) is 3.04. The molecule has 3 heterocycles. The Hall–Kier alpha value is -2.18. The van der Waals surface area contributed by atoms with Gasteiger partial charge in [-0.15, -0.1) is 0 Å². The Morgan fingerprint density at radius 3 is 2.38 bits per heavy atom. The van der Waals surface area contributed by atoms with Crippen LogP contribution in [-0.2, 0) is 11.8 Å². The number of piperazine rings is 1. The molecule has 0 radical (unpaired) electrons. The summed E-state index contributed by atoms with van der Waals surface area (Å²) >= 11 is 0. The van der Waals surface area contributed by atoms with Gasteiger partial charge < -0.3 is 9.80 Å². The number of hydrogen-bond donors (Lipinski definition) is 0. The highest BCUT2D eigenvalue weighted by Gasteiger charge is 2.29. The molecule has 2 aliphatic rings. The predicted molar refractivity (Wildman–Crippen MR) is 101 cm³/mol. The second-order valence-corrected chi connectivity index (χ2v) is 7.65. The van der Waals surface area contributed by atoms with Crippen molar-refractivity contribution in [2.75, 3.05) is 31.1 Å². The van der Waals surface area contributed by atoms with E-state index in [9.17, 15) is 4.79 Å². The number of fused-ring (bicyclic) bond motifs is 1. The zero-order chi connectivity index (χ0) is 18.3. The fraction of sp³-hybridized carbons (Fsp3) is 0.684. The van der Waals surface area contributed by atoms with Gasteiger partial charge in [0.05, 0.1) is 5.69 Å². The second kappa shape index (κ2) is 6.85. The van der Waals surface area contributed by atoms with Gasteiger partial charge in [-0.1, -0.05) is 19.3 Å². The molecule has 2 fully saturated rings. The molecule has 0 bridgehead atoms. The molecule has 0 aromatic carbocycles. The van der Waals surface area contributed by atoms with Crippen LogP contribution in [0, 0.1) is 19.8 Å². The summed E-state index contributed by atoms with van der Waals surface area (Å²) in [6.45, 7) is 7.09. The van der Waals surface area contributed by atoms with Crippen LogP contribution in [0.1, 0.15) is 43.6 Å². The zero-order valence-corrected chi connectivity index (χ0v) is 16.0. The molecule has 26 heavy (non-hydrogen) atoms. The standard InChI is InChI=1S/C19H28N6O/c1-13-16-17(23(3)22-13)18(21-14(2)20-16)24-9-11-25(12-10-24)19(26)15-7-5-4-6-8-15/h15H,4-12H2,1-3H3. The van der Waals surface area contributed by atoms with Crippen molar-refractivity contribution in [3.05, 3.63) is 11.5 Å². The van der Waals surface area contributed by atoms with E-state index >= 15 is 0 Å². The highest BCUT2D eigenvalue weighted by atomic mass is 16.2. The van der Waals surface area contributed by atoms with Crippen LogP contribution < -0.4 is 4.90 Å². The van der Waals surface area contributed by atoms with Crippen molar-refractivity contribution in [2.45, 2.75) is 46.0 Å². The number of carbonyl (C=O) groups is 1. The number of anilines is 1. The first-order chi connectivity index (χ1) is 12.5. The molecule has 0 N–H and O–H groups in total. The lowest BCUT2D eigenvalue weighted by Crippen LogP contribution is -2.51. The van der Waals surface area contributed by atoms with Gasteiger partial charge in [-0.05, 0) is 26.7 Å². The van der Waals surface area contributed by atoms with Gasteiger partial charge in [0, 0.05) is 39.1 Å². The molecule has 2 aromatic heterocycles. The summed E-state index contributed by atoms with van der Waals surface area (Å²) < 4.78 is 1.87. The largest absolute Gasteiger partial charge is 0.351 e. The molecule has 1 amide bonds. The molecular formula is C19H28N6O. The number of amides is 1. The summed E-state index contributed by atoms with van der Waals surface area (Å²) in [6, 6.07) is 0. The molecule has 1 saturated carbocycles. The molecule has 7 heteroatoms. The summed E-state index contributed by atoms with van der Waals surface area (Å²) in [7, 11) is 1.94. The van der Waals surface area contributed by atoms with Crippen molar-refractivity contribution >= 4 is 22.8 Å². The Balaban J connectivity index is 1.51. The number of aromatic nitrogens is 4. The van der Waals surface area contributed by atoms with Crippen LogP contribution in [0.4, 0.5) is 5.82 Å². The van der Waals surface area contributed by atoms with Crippen molar-refractivity contribution in [1.29, 1.82) is 0 Å². The van der Waals surface area contributed by atoms with Crippen molar-refractivity contribution in [1.82, 2.24) is 24.6 Å². The predicted octanol–water partition coefficient (Wildman–Crippen LogP) is 2.21. The first-order valence-corrected chi connectivity index (χ1v) is 9.76. The fourth-order valence-electron chi connectivity index (χ4n) is 4.39. The average Bonchev–Trinajstić information content (AvgIpc) is 2.95. The molecule has 140 valence electrons. The molecule has 1 aliphatic heterocycles. The zero-order valence-electron chi connectivity index (χ0n) is 16.0. The Labute approximate surface area is 154 Å². The average molecular weight is 356 g/mol. The maximum absolute atomic E-state index is 12.8. The van der Waals surface area contributed by atoms with Crippen molar-refractivity contribution in [3.8, 4) is 0 Å². The fourth-order valence-corrected chi connectivity index (χ4v) is 4.39. The molecule has 7 nitrogen and oxygen atoms in total. The van der Waals surface area contributed by atoms with Crippen LogP contribution in [0.3, 0.4) is 0 Å². The number of nitrogens with zero attached hydrogens (tertiary/aromatic N) is 6. The van der Waals surface area contributed by atoms with Crippen LogP contribution >= 0.6 is 0 Å². The Morgan fingerprint density at radius 2 is 1.69 bits per heavy atom. The highest BCUT2D eigenvalue weighted by Crippen LogP contribution is 2.28. The number of aryl methyl sites for hydroxylation is 3. The number of carbonyl (C=O) groups excluding carboxylic acids is 1. The summed E-state index contributed by atoms with van der Waals surface area (Å²) in [5.41, 5.74) is 2.84. The van der Waals surface area contributed by atoms with Crippen LogP contribution in [0.5, 0.6) is 0 Å². The van der Waals surface area contributed by atoms with Crippen LogP contribution in [0.25, 0.3) is 11.0 Å². The van der Waals surface area contributed by atoms with Gasteiger partial charge >= 0.3 is 0 Å². The van der Waals surface area contributed by atoms with Gasteiger partial charge in [-0.3, -0.25) is 9.48 Å². The lowest BCUT2D eigenvalue weighted by Gasteiger charge is -2.37. The monoisotopic (exact) mass is 356 g/mol. The molecule has 2 aromatic rings. The van der Waals surface area contributed by atoms with E-state index < -0.39 is 0 Å².